The van der Waals surface area contributed by atoms with Crippen molar-refractivity contribution in [1.82, 2.24) is 9.55 Å². The zero-order chi connectivity index (χ0) is 13.1. The minimum absolute atomic E-state index is 0.0435. The van der Waals surface area contributed by atoms with Gasteiger partial charge in [0, 0.05) is 25.1 Å². The molecule has 1 aromatic carbocycles. The van der Waals surface area contributed by atoms with E-state index in [9.17, 15) is 4.79 Å². The first kappa shape index (κ1) is 12.4. The van der Waals surface area contributed by atoms with Crippen LogP contribution in [-0.2, 0) is 18.3 Å². The molecule has 18 heavy (non-hydrogen) atoms. The van der Waals surface area contributed by atoms with E-state index < -0.39 is 0 Å². The van der Waals surface area contributed by atoms with Gasteiger partial charge in [-0.15, -0.1) is 0 Å². The molecule has 0 bridgehead atoms. The Kier molecular flexibility index (Phi) is 3.46. The van der Waals surface area contributed by atoms with E-state index in [1.54, 1.807) is 6.20 Å². The third-order valence-corrected chi connectivity index (χ3v) is 2.91. The summed E-state index contributed by atoms with van der Waals surface area (Å²) in [6.45, 7) is 3.99. The van der Waals surface area contributed by atoms with Crippen LogP contribution >= 0.6 is 0 Å². The highest BCUT2D eigenvalue weighted by molar-refractivity contribution is 5.92. The summed E-state index contributed by atoms with van der Waals surface area (Å²) in [5.74, 6) is 0.718. The standard InChI is InChI=1S/C14H17N3O/c1-10-4-5-11(2)12(8-10)16-14(18)9-13-15-6-7-17(13)3/h4-8H,9H2,1-3H3,(H,16,18). The molecule has 4 nitrogen and oxygen atoms in total. The van der Waals surface area contributed by atoms with Gasteiger partial charge < -0.3 is 9.88 Å². The minimum atomic E-state index is -0.0435. The lowest BCUT2D eigenvalue weighted by Crippen LogP contribution is -2.17. The molecule has 0 spiro atoms. The average Bonchev–Trinajstić information content (AvgIpc) is 2.70. The lowest BCUT2D eigenvalue weighted by molar-refractivity contribution is -0.115. The van der Waals surface area contributed by atoms with Gasteiger partial charge in [0.05, 0.1) is 6.42 Å². The molecule has 0 atom stereocenters. The van der Waals surface area contributed by atoms with Gasteiger partial charge in [-0.2, -0.15) is 0 Å². The number of hydrogen-bond donors (Lipinski definition) is 1. The maximum absolute atomic E-state index is 11.9. The van der Waals surface area contributed by atoms with Gasteiger partial charge >= 0.3 is 0 Å². The van der Waals surface area contributed by atoms with Gasteiger partial charge in [-0.1, -0.05) is 12.1 Å². The molecule has 2 rings (SSSR count). The number of aromatic nitrogens is 2. The maximum atomic E-state index is 11.9. The SMILES string of the molecule is Cc1ccc(C)c(NC(=O)Cc2nccn2C)c1. The van der Waals surface area contributed by atoms with Crippen LogP contribution in [0, 0.1) is 13.8 Å². The third-order valence-electron chi connectivity index (χ3n) is 2.91. The maximum Gasteiger partial charge on any atom is 0.231 e. The number of nitrogens with one attached hydrogen (secondary N) is 1. The monoisotopic (exact) mass is 243 g/mol. The Morgan fingerprint density at radius 3 is 2.83 bits per heavy atom. The van der Waals surface area contributed by atoms with Crippen LogP contribution in [0.3, 0.4) is 0 Å². The Labute approximate surface area is 107 Å². The summed E-state index contributed by atoms with van der Waals surface area (Å²) in [6, 6.07) is 6.01. The summed E-state index contributed by atoms with van der Waals surface area (Å²) in [5.41, 5.74) is 3.07. The predicted octanol–water partition coefficient (Wildman–Crippen LogP) is 2.22. The third kappa shape index (κ3) is 2.77. The van der Waals surface area contributed by atoms with Crippen LogP contribution in [0.1, 0.15) is 17.0 Å². The summed E-state index contributed by atoms with van der Waals surface area (Å²) in [6.07, 6.45) is 3.82. The molecule has 0 saturated carbocycles. The second-order valence-electron chi connectivity index (χ2n) is 4.50. The number of amides is 1. The van der Waals surface area contributed by atoms with E-state index in [1.807, 2.05) is 49.9 Å². The molecule has 0 fully saturated rings. The number of aryl methyl sites for hydroxylation is 3. The molecular weight excluding hydrogens is 226 g/mol. The zero-order valence-electron chi connectivity index (χ0n) is 10.9. The molecule has 0 unspecified atom stereocenters. The Bertz CT molecular complexity index is 572. The van der Waals surface area contributed by atoms with Crippen molar-refractivity contribution in [3.05, 3.63) is 47.5 Å². The fraction of sp³-hybridized carbons (Fsp3) is 0.286. The van der Waals surface area contributed by atoms with Gasteiger partial charge in [-0.3, -0.25) is 4.79 Å². The topological polar surface area (TPSA) is 46.9 Å². The molecule has 1 N–H and O–H groups in total. The fourth-order valence-corrected chi connectivity index (χ4v) is 1.78. The number of nitrogens with zero attached hydrogens (tertiary/aromatic N) is 2. The van der Waals surface area contributed by atoms with Crippen LogP contribution in [0.5, 0.6) is 0 Å². The first-order valence-corrected chi connectivity index (χ1v) is 5.89. The van der Waals surface area contributed by atoms with Crippen LogP contribution in [0.4, 0.5) is 5.69 Å². The summed E-state index contributed by atoms with van der Waals surface area (Å²) < 4.78 is 1.85. The fourth-order valence-electron chi connectivity index (χ4n) is 1.78. The Balaban J connectivity index is 2.08. The largest absolute Gasteiger partial charge is 0.338 e. The summed E-state index contributed by atoms with van der Waals surface area (Å²) >= 11 is 0. The quantitative estimate of drug-likeness (QED) is 0.898. The molecular formula is C14H17N3O. The van der Waals surface area contributed by atoms with Crippen molar-refractivity contribution in [2.75, 3.05) is 5.32 Å². The molecule has 94 valence electrons. The smallest absolute Gasteiger partial charge is 0.231 e. The lowest BCUT2D eigenvalue weighted by atomic mass is 10.1. The number of hydrogen-bond acceptors (Lipinski definition) is 2. The molecule has 4 heteroatoms. The van der Waals surface area contributed by atoms with Crippen molar-refractivity contribution >= 4 is 11.6 Å². The molecule has 2 aromatic rings. The van der Waals surface area contributed by atoms with Gasteiger partial charge in [-0.25, -0.2) is 4.98 Å². The number of anilines is 1. The predicted molar refractivity (Wildman–Crippen MR) is 71.5 cm³/mol. The summed E-state index contributed by atoms with van der Waals surface area (Å²) in [5, 5.41) is 2.92. The summed E-state index contributed by atoms with van der Waals surface area (Å²) in [4.78, 5) is 16.1. The second kappa shape index (κ2) is 5.04. The number of carbonyl (C=O) groups is 1. The highest BCUT2D eigenvalue weighted by atomic mass is 16.1. The van der Waals surface area contributed by atoms with E-state index in [0.29, 0.717) is 0 Å². The molecule has 0 aliphatic carbocycles. The van der Waals surface area contributed by atoms with Crippen molar-refractivity contribution in [1.29, 1.82) is 0 Å². The van der Waals surface area contributed by atoms with Gasteiger partial charge in [0.15, 0.2) is 0 Å². The van der Waals surface area contributed by atoms with Crippen LogP contribution < -0.4 is 5.32 Å². The van der Waals surface area contributed by atoms with Gasteiger partial charge in [0.1, 0.15) is 5.82 Å². The molecule has 0 saturated heterocycles. The Hall–Kier alpha value is -2.10. The van der Waals surface area contributed by atoms with Gasteiger partial charge in [0.25, 0.3) is 0 Å². The Morgan fingerprint density at radius 1 is 1.39 bits per heavy atom. The zero-order valence-corrected chi connectivity index (χ0v) is 10.9. The van der Waals surface area contributed by atoms with Crippen molar-refractivity contribution < 1.29 is 4.79 Å². The van der Waals surface area contributed by atoms with Crippen LogP contribution in [0.25, 0.3) is 0 Å². The summed E-state index contributed by atoms with van der Waals surface area (Å²) in [7, 11) is 1.88. The van der Waals surface area contributed by atoms with E-state index in [1.165, 1.54) is 0 Å². The van der Waals surface area contributed by atoms with E-state index in [2.05, 4.69) is 10.3 Å². The number of imidazole rings is 1. The lowest BCUT2D eigenvalue weighted by Gasteiger charge is -2.09. The van der Waals surface area contributed by atoms with E-state index >= 15 is 0 Å². The highest BCUT2D eigenvalue weighted by Crippen LogP contribution is 2.16. The molecule has 0 aliphatic heterocycles. The van der Waals surface area contributed by atoms with Crippen LogP contribution in [0.2, 0.25) is 0 Å². The number of rotatable bonds is 3. The minimum Gasteiger partial charge on any atom is -0.338 e. The highest BCUT2D eigenvalue weighted by Gasteiger charge is 2.09. The number of carbonyl (C=O) groups excluding carboxylic acids is 1. The molecule has 1 heterocycles. The first-order valence-electron chi connectivity index (χ1n) is 5.89. The van der Waals surface area contributed by atoms with E-state index in [4.69, 9.17) is 0 Å². The van der Waals surface area contributed by atoms with E-state index in [-0.39, 0.29) is 12.3 Å². The van der Waals surface area contributed by atoms with E-state index in [0.717, 1.165) is 22.6 Å². The second-order valence-corrected chi connectivity index (χ2v) is 4.50. The normalized spacial score (nSPS) is 10.4. The first-order chi connectivity index (χ1) is 8.56. The molecule has 0 aliphatic rings. The van der Waals surface area contributed by atoms with Crippen molar-refractivity contribution in [2.45, 2.75) is 20.3 Å². The molecule has 1 aromatic heterocycles. The van der Waals surface area contributed by atoms with Crippen molar-refractivity contribution in [3.63, 3.8) is 0 Å². The van der Waals surface area contributed by atoms with Crippen molar-refractivity contribution in [2.24, 2.45) is 7.05 Å². The van der Waals surface area contributed by atoms with Gasteiger partial charge in [-0.05, 0) is 31.0 Å². The van der Waals surface area contributed by atoms with Crippen molar-refractivity contribution in [3.8, 4) is 0 Å². The van der Waals surface area contributed by atoms with Crippen LogP contribution in [-0.4, -0.2) is 15.5 Å². The number of benzene rings is 1. The average molecular weight is 243 g/mol. The molecule has 0 radical (unpaired) electrons. The van der Waals surface area contributed by atoms with Crippen LogP contribution in [0.15, 0.2) is 30.6 Å². The Morgan fingerprint density at radius 2 is 2.17 bits per heavy atom. The van der Waals surface area contributed by atoms with Gasteiger partial charge in [0.2, 0.25) is 5.91 Å². The molecule has 1 amide bonds.